The summed E-state index contributed by atoms with van der Waals surface area (Å²) >= 11 is 0. The lowest BCUT2D eigenvalue weighted by Gasteiger charge is -2.37. The molecule has 9 heteroatoms. The molecule has 0 aromatic heterocycles. The third-order valence-electron chi connectivity index (χ3n) is 5.52. The van der Waals surface area contributed by atoms with E-state index in [9.17, 15) is 13.2 Å². The summed E-state index contributed by atoms with van der Waals surface area (Å²) in [7, 11) is -3.74. The molecule has 8 nitrogen and oxygen atoms in total. The predicted octanol–water partition coefficient (Wildman–Crippen LogP) is 1.52. The van der Waals surface area contributed by atoms with E-state index in [2.05, 4.69) is 12.1 Å². The molecule has 2 aliphatic rings. The van der Waals surface area contributed by atoms with Crippen LogP contribution in [0.25, 0.3) is 0 Å². The molecule has 2 fully saturated rings. The largest absolute Gasteiger partial charge is 0.381 e. The number of benzene rings is 1. The van der Waals surface area contributed by atoms with Crippen LogP contribution in [-0.2, 0) is 19.6 Å². The van der Waals surface area contributed by atoms with Crippen molar-refractivity contribution in [3.8, 4) is 0 Å². The number of aryl methyl sites for hydroxylation is 1. The molecule has 1 aromatic rings. The van der Waals surface area contributed by atoms with E-state index < -0.39 is 32.3 Å². The van der Waals surface area contributed by atoms with Crippen LogP contribution >= 0.6 is 0 Å². The maximum Gasteiger partial charge on any atom is 0.279 e. The first-order valence-electron chi connectivity index (χ1n) is 9.15. The molecule has 2 unspecified atom stereocenters. The highest BCUT2D eigenvalue weighted by atomic mass is 32.2. The maximum atomic E-state index is 13.1. The molecule has 0 radical (unpaired) electrons. The highest BCUT2D eigenvalue weighted by Crippen LogP contribution is 2.33. The summed E-state index contributed by atoms with van der Waals surface area (Å²) in [5.74, 6) is -1.86. The van der Waals surface area contributed by atoms with E-state index in [1.807, 2.05) is 19.1 Å². The normalized spacial score (nSPS) is 25.3. The Bertz CT molecular complexity index is 774. The summed E-state index contributed by atoms with van der Waals surface area (Å²) in [6.07, 6.45) is 1.59. The average molecular weight is 398 g/mol. The third kappa shape index (κ3) is 4.33. The quantitative estimate of drug-likeness (QED) is 0.588. The number of piperidine rings is 1. The molecule has 1 amide bonds. The number of rotatable bonds is 4. The monoisotopic (exact) mass is 398 g/mol. The van der Waals surface area contributed by atoms with Gasteiger partial charge in [-0.15, -0.1) is 0 Å². The van der Waals surface area contributed by atoms with Crippen molar-refractivity contribution in [3.63, 3.8) is 0 Å². The smallest absolute Gasteiger partial charge is 0.279 e. The molecule has 0 bridgehead atoms. The lowest BCUT2D eigenvalue weighted by molar-refractivity contribution is -0.289. The first-order chi connectivity index (χ1) is 12.8. The number of ether oxygens (including phenoxy) is 1. The number of hydrogen-bond donors (Lipinski definition) is 2. The van der Waals surface area contributed by atoms with Crippen LogP contribution in [0, 0.1) is 12.8 Å². The van der Waals surface area contributed by atoms with Crippen molar-refractivity contribution in [1.29, 1.82) is 0 Å². The van der Waals surface area contributed by atoms with Crippen LogP contribution in [0.4, 0.5) is 0 Å². The Balaban J connectivity index is 1.71. The van der Waals surface area contributed by atoms with E-state index in [4.69, 9.17) is 15.2 Å². The second-order valence-corrected chi connectivity index (χ2v) is 9.42. The minimum absolute atomic E-state index is 0.139. The average Bonchev–Trinajstić information content (AvgIpc) is 2.67. The molecular formula is C18H26N2O6S. The number of amides is 1. The van der Waals surface area contributed by atoms with Gasteiger partial charge in [-0.25, -0.2) is 12.7 Å². The minimum Gasteiger partial charge on any atom is -0.381 e. The summed E-state index contributed by atoms with van der Waals surface area (Å²) in [6.45, 7) is 2.91. The van der Waals surface area contributed by atoms with Gasteiger partial charge in [0.1, 0.15) is 0 Å². The van der Waals surface area contributed by atoms with E-state index in [1.54, 1.807) is 0 Å². The van der Waals surface area contributed by atoms with Crippen molar-refractivity contribution in [3.05, 3.63) is 35.4 Å². The van der Waals surface area contributed by atoms with E-state index in [0.29, 0.717) is 19.0 Å². The molecule has 2 saturated heterocycles. The Kier molecular flexibility index (Phi) is 6.17. The first kappa shape index (κ1) is 20.2. The van der Waals surface area contributed by atoms with Gasteiger partial charge in [0.2, 0.25) is 10.0 Å². The van der Waals surface area contributed by atoms with Crippen molar-refractivity contribution in [2.24, 2.45) is 5.92 Å². The molecule has 27 heavy (non-hydrogen) atoms. The molecule has 2 atom stereocenters. The van der Waals surface area contributed by atoms with Gasteiger partial charge in [0.05, 0.1) is 17.8 Å². The van der Waals surface area contributed by atoms with Gasteiger partial charge in [-0.3, -0.25) is 15.2 Å². The Morgan fingerprint density at radius 3 is 2.56 bits per heavy atom. The fourth-order valence-corrected chi connectivity index (χ4v) is 6.12. The lowest BCUT2D eigenvalue weighted by Crippen LogP contribution is -2.52. The molecule has 0 aliphatic carbocycles. The zero-order valence-corrected chi connectivity index (χ0v) is 16.1. The van der Waals surface area contributed by atoms with Crippen LogP contribution in [0.5, 0.6) is 0 Å². The zero-order chi connectivity index (χ0) is 19.6. The van der Waals surface area contributed by atoms with Crippen molar-refractivity contribution < 1.29 is 28.4 Å². The van der Waals surface area contributed by atoms with Gasteiger partial charge in [0, 0.05) is 19.7 Å². The Labute approximate surface area is 159 Å². The van der Waals surface area contributed by atoms with Crippen molar-refractivity contribution in [2.45, 2.75) is 37.4 Å². The lowest BCUT2D eigenvalue weighted by atomic mass is 9.89. The Morgan fingerprint density at radius 1 is 1.22 bits per heavy atom. The van der Waals surface area contributed by atoms with Crippen molar-refractivity contribution in [1.82, 2.24) is 9.53 Å². The van der Waals surface area contributed by atoms with Gasteiger partial charge in [0.15, 0.2) is 0 Å². The number of nitrogens with zero attached hydrogens (tertiary/aromatic N) is 2. The van der Waals surface area contributed by atoms with E-state index in [1.165, 1.54) is 15.4 Å². The standard InChI is InChI=1S/C18H26N2O6S/c1-13-3-2-4-15(11-13)14-5-8-19(9-6-14)27(24,25)17-7-10-26-12-16(17)18(21)20(22)23/h2-4,11,14,16-17,22-23H,5-10,12H2,1H3. The van der Waals surface area contributed by atoms with Gasteiger partial charge in [-0.1, -0.05) is 35.1 Å². The molecule has 0 saturated carbocycles. The molecule has 2 N–H and O–H groups in total. The van der Waals surface area contributed by atoms with E-state index in [0.717, 1.165) is 12.8 Å². The SMILES string of the molecule is Cc1cccc(C2CCN(S(=O)(=O)C3CCOCC3C(=O)N(O)O)CC2)c1. The van der Waals surface area contributed by atoms with Gasteiger partial charge >= 0.3 is 0 Å². The molecular weight excluding hydrogens is 372 g/mol. The van der Waals surface area contributed by atoms with Crippen LogP contribution in [-0.4, -0.2) is 65.8 Å². The molecule has 1 aromatic carbocycles. The second kappa shape index (κ2) is 8.24. The highest BCUT2D eigenvalue weighted by Gasteiger charge is 2.45. The zero-order valence-electron chi connectivity index (χ0n) is 15.3. The molecule has 2 aliphatic heterocycles. The number of sulfonamides is 1. The van der Waals surface area contributed by atoms with Gasteiger partial charge in [-0.05, 0) is 37.7 Å². The molecule has 0 spiro atoms. The van der Waals surface area contributed by atoms with E-state index >= 15 is 0 Å². The summed E-state index contributed by atoms with van der Waals surface area (Å²) in [6, 6.07) is 8.27. The van der Waals surface area contributed by atoms with Gasteiger partial charge in [-0.2, -0.15) is 0 Å². The number of hydroxylamine groups is 2. The summed E-state index contributed by atoms with van der Waals surface area (Å²) in [5, 5.41) is 16.5. The van der Waals surface area contributed by atoms with Crippen LogP contribution in [0.15, 0.2) is 24.3 Å². The number of carbonyl (C=O) groups excluding carboxylic acids is 1. The fraction of sp³-hybridized carbons (Fsp3) is 0.611. The summed E-state index contributed by atoms with van der Waals surface area (Å²) in [4.78, 5) is 12.0. The number of hydrogen-bond acceptors (Lipinski definition) is 6. The Hall–Kier alpha value is -1.52. The first-order valence-corrected chi connectivity index (χ1v) is 10.7. The topological polar surface area (TPSA) is 107 Å². The van der Waals surface area contributed by atoms with Crippen LogP contribution in [0.2, 0.25) is 0 Å². The van der Waals surface area contributed by atoms with Gasteiger partial charge < -0.3 is 4.74 Å². The summed E-state index contributed by atoms with van der Waals surface area (Å²) < 4.78 is 32.9. The second-order valence-electron chi connectivity index (χ2n) is 7.27. The van der Waals surface area contributed by atoms with Crippen molar-refractivity contribution >= 4 is 15.9 Å². The maximum absolute atomic E-state index is 13.1. The minimum atomic E-state index is -3.74. The predicted molar refractivity (Wildman–Crippen MR) is 96.8 cm³/mol. The Morgan fingerprint density at radius 2 is 1.93 bits per heavy atom. The van der Waals surface area contributed by atoms with Crippen LogP contribution < -0.4 is 0 Å². The van der Waals surface area contributed by atoms with Crippen LogP contribution in [0.3, 0.4) is 0 Å². The molecule has 150 valence electrons. The molecule has 3 rings (SSSR count). The highest BCUT2D eigenvalue weighted by molar-refractivity contribution is 7.89. The molecule has 2 heterocycles. The number of carbonyl (C=O) groups is 1. The van der Waals surface area contributed by atoms with E-state index in [-0.39, 0.29) is 19.6 Å². The fourth-order valence-electron chi connectivity index (χ4n) is 4.01. The third-order valence-corrected chi connectivity index (χ3v) is 7.93. The van der Waals surface area contributed by atoms with Gasteiger partial charge in [0.25, 0.3) is 5.91 Å². The van der Waals surface area contributed by atoms with Crippen LogP contribution in [0.1, 0.15) is 36.3 Å². The van der Waals surface area contributed by atoms with Crippen molar-refractivity contribution in [2.75, 3.05) is 26.3 Å². The summed E-state index contributed by atoms with van der Waals surface area (Å²) in [5.41, 5.74) is 2.41.